The number of alkyl halides is 3. The maximum absolute atomic E-state index is 12.7. The first-order chi connectivity index (χ1) is 13.7. The minimum Gasteiger partial charge on any atom is -0.374 e. The number of Topliss-reactive ketones (excluding diaryl/α,β-unsaturated/α-hetero) is 1. The maximum atomic E-state index is 12.7. The second-order valence-electron chi connectivity index (χ2n) is 7.68. The van der Waals surface area contributed by atoms with Crippen molar-refractivity contribution >= 4 is 49.5 Å². The van der Waals surface area contributed by atoms with Gasteiger partial charge in [0.2, 0.25) is 0 Å². The highest BCUT2D eigenvalue weighted by atomic mass is 79.9. The van der Waals surface area contributed by atoms with Crippen LogP contribution in [0.15, 0.2) is 16.6 Å². The van der Waals surface area contributed by atoms with Crippen molar-refractivity contribution in [3.63, 3.8) is 0 Å². The first-order valence-electron chi connectivity index (χ1n) is 8.70. The van der Waals surface area contributed by atoms with Crippen molar-refractivity contribution in [2.24, 2.45) is 0 Å². The number of benzene rings is 1. The van der Waals surface area contributed by atoms with Gasteiger partial charge in [-0.15, -0.1) is 0 Å². The zero-order chi connectivity index (χ0) is 22.2. The summed E-state index contributed by atoms with van der Waals surface area (Å²) in [5.74, 6) is -0.641. The largest absolute Gasteiger partial charge is 0.534 e. The van der Waals surface area contributed by atoms with Gasteiger partial charge >= 0.3 is 15.6 Å². The molecule has 5 nitrogen and oxygen atoms in total. The Bertz CT molecular complexity index is 1250. The van der Waals surface area contributed by atoms with E-state index in [2.05, 4.69) is 25.1 Å². The molecule has 0 amide bonds. The van der Waals surface area contributed by atoms with Gasteiger partial charge in [-0.3, -0.25) is 4.79 Å². The fourth-order valence-electron chi connectivity index (χ4n) is 4.02. The zero-order valence-electron chi connectivity index (χ0n) is 15.6. The summed E-state index contributed by atoms with van der Waals surface area (Å²) in [6, 6.07) is 2.61. The van der Waals surface area contributed by atoms with Crippen LogP contribution >= 0.6 is 27.5 Å². The molecule has 0 atom stereocenters. The number of hydrogen-bond donors (Lipinski definition) is 1. The minimum absolute atomic E-state index is 0.0431. The van der Waals surface area contributed by atoms with E-state index in [1.165, 1.54) is 12.1 Å². The molecule has 0 saturated carbocycles. The molecule has 0 saturated heterocycles. The molecule has 11 heteroatoms. The number of ketones is 1. The van der Waals surface area contributed by atoms with Gasteiger partial charge in [0.25, 0.3) is 0 Å². The summed E-state index contributed by atoms with van der Waals surface area (Å²) in [4.78, 5) is 15.9. The number of rotatable bonds is 2. The lowest BCUT2D eigenvalue weighted by molar-refractivity contribution is -0.0500. The summed E-state index contributed by atoms with van der Waals surface area (Å²) in [6.07, 6.45) is 2.39. The average molecular weight is 525 g/mol. The van der Waals surface area contributed by atoms with Gasteiger partial charge in [0.05, 0.1) is 10.7 Å². The molecule has 0 radical (unpaired) electrons. The van der Waals surface area contributed by atoms with Crippen LogP contribution in [-0.4, -0.2) is 24.7 Å². The van der Waals surface area contributed by atoms with Gasteiger partial charge in [-0.1, -0.05) is 41.4 Å². The summed E-state index contributed by atoms with van der Waals surface area (Å²) < 4.78 is 66.1. The molecule has 2 aliphatic carbocycles. The lowest BCUT2D eigenvalue weighted by atomic mass is 9.71. The number of allylic oxidation sites excluding steroid dienone is 1. The van der Waals surface area contributed by atoms with Crippen molar-refractivity contribution in [3.8, 4) is 5.75 Å². The van der Waals surface area contributed by atoms with Gasteiger partial charge < -0.3 is 9.17 Å². The van der Waals surface area contributed by atoms with Crippen molar-refractivity contribution < 1.29 is 30.6 Å². The molecule has 1 aromatic carbocycles. The van der Waals surface area contributed by atoms with E-state index in [0.717, 1.165) is 15.7 Å². The summed E-state index contributed by atoms with van der Waals surface area (Å²) in [7, 11) is -5.86. The summed E-state index contributed by atoms with van der Waals surface area (Å²) in [5.41, 5.74) is -2.33. The second kappa shape index (κ2) is 6.61. The maximum Gasteiger partial charge on any atom is 0.534 e. The molecular formula is C19H14BrClF3NO4S. The van der Waals surface area contributed by atoms with Crippen LogP contribution in [0.1, 0.15) is 58.7 Å². The Morgan fingerprint density at radius 2 is 1.90 bits per heavy atom. The normalized spacial score (nSPS) is 17.7. The lowest BCUT2D eigenvalue weighted by Gasteiger charge is -2.33. The van der Waals surface area contributed by atoms with E-state index < -0.39 is 26.8 Å². The molecule has 4 rings (SSSR count). The number of hydrogen-bond acceptors (Lipinski definition) is 4. The number of carbonyl (C=O) groups excluding carboxylic acids is 1. The highest BCUT2D eigenvalue weighted by molar-refractivity contribution is 9.11. The first kappa shape index (κ1) is 21.5. The monoisotopic (exact) mass is 523 g/mol. The van der Waals surface area contributed by atoms with Crippen molar-refractivity contribution in [1.82, 2.24) is 4.98 Å². The molecule has 1 heterocycles. The molecule has 30 heavy (non-hydrogen) atoms. The molecule has 0 aliphatic heterocycles. The molecular weight excluding hydrogens is 511 g/mol. The Morgan fingerprint density at radius 3 is 2.53 bits per heavy atom. The smallest absolute Gasteiger partial charge is 0.374 e. The molecule has 0 unspecified atom stereocenters. The van der Waals surface area contributed by atoms with Crippen LogP contribution in [0.3, 0.4) is 0 Å². The van der Waals surface area contributed by atoms with E-state index in [1.807, 2.05) is 19.9 Å². The number of fused-ring (bicyclic) bond motifs is 4. The molecule has 0 spiro atoms. The Morgan fingerprint density at radius 1 is 1.23 bits per heavy atom. The molecule has 1 N–H and O–H groups in total. The van der Waals surface area contributed by atoms with Crippen LogP contribution < -0.4 is 4.18 Å². The summed E-state index contributed by atoms with van der Waals surface area (Å²) in [5, 5.41) is -0.265. The Balaban J connectivity index is 1.85. The Labute approximate surface area is 183 Å². The lowest BCUT2D eigenvalue weighted by Crippen LogP contribution is -2.30. The fraction of sp³-hybridized carbons (Fsp3) is 0.316. The van der Waals surface area contributed by atoms with Crippen LogP contribution in [0.5, 0.6) is 5.75 Å². The van der Waals surface area contributed by atoms with Crippen LogP contribution in [0, 0.1) is 0 Å². The third-order valence-electron chi connectivity index (χ3n) is 5.35. The molecule has 0 fully saturated rings. The highest BCUT2D eigenvalue weighted by Gasteiger charge is 2.49. The SMILES string of the molecule is CC1(C)c2cc(OS(=O)(=O)C(F)(F)F)c(Cl)cc2Cc2c1[nH]c1c2C(=O)CC(Br)=C1. The van der Waals surface area contributed by atoms with Gasteiger partial charge in [0.1, 0.15) is 0 Å². The average Bonchev–Trinajstić information content (AvgIpc) is 2.94. The third-order valence-corrected chi connectivity index (χ3v) is 7.12. The molecule has 0 bridgehead atoms. The number of nitrogens with one attached hydrogen (secondary N) is 1. The van der Waals surface area contributed by atoms with Crippen LogP contribution in [0.25, 0.3) is 6.08 Å². The predicted molar refractivity (Wildman–Crippen MR) is 109 cm³/mol. The van der Waals surface area contributed by atoms with E-state index in [4.69, 9.17) is 11.6 Å². The molecule has 160 valence electrons. The van der Waals surface area contributed by atoms with Gasteiger partial charge in [0, 0.05) is 34.0 Å². The highest BCUT2D eigenvalue weighted by Crippen LogP contribution is 2.47. The van der Waals surface area contributed by atoms with Crippen molar-refractivity contribution in [1.29, 1.82) is 0 Å². The van der Waals surface area contributed by atoms with Crippen molar-refractivity contribution in [3.05, 3.63) is 55.3 Å². The van der Waals surface area contributed by atoms with E-state index in [-0.39, 0.29) is 17.2 Å². The van der Waals surface area contributed by atoms with Gasteiger partial charge in [-0.05, 0) is 34.9 Å². The number of aromatic amines is 1. The minimum atomic E-state index is -5.86. The Hall–Kier alpha value is -1.78. The van der Waals surface area contributed by atoms with Crippen molar-refractivity contribution in [2.75, 3.05) is 0 Å². The van der Waals surface area contributed by atoms with E-state index in [1.54, 1.807) is 0 Å². The van der Waals surface area contributed by atoms with E-state index in [0.29, 0.717) is 28.8 Å². The zero-order valence-corrected chi connectivity index (χ0v) is 18.7. The van der Waals surface area contributed by atoms with Crippen LogP contribution in [0.2, 0.25) is 5.02 Å². The number of aromatic nitrogens is 1. The standard InChI is InChI=1S/C19H14BrClF3NO4S/c1-18(2)11-7-15(29-30(27,28)19(22,23)24)12(21)4-8(11)3-10-16-13(25-17(10)18)5-9(20)6-14(16)26/h4-5,7,25H,3,6H2,1-2H3. The van der Waals surface area contributed by atoms with Crippen LogP contribution in [-0.2, 0) is 22.0 Å². The van der Waals surface area contributed by atoms with Gasteiger partial charge in [0.15, 0.2) is 11.5 Å². The fourth-order valence-corrected chi connectivity index (χ4v) is 5.25. The number of H-pyrrole nitrogens is 1. The van der Waals surface area contributed by atoms with Crippen LogP contribution in [0.4, 0.5) is 13.2 Å². The summed E-state index contributed by atoms with van der Waals surface area (Å²) >= 11 is 9.40. The first-order valence-corrected chi connectivity index (χ1v) is 11.3. The van der Waals surface area contributed by atoms with Gasteiger partial charge in [-0.2, -0.15) is 21.6 Å². The quantitative estimate of drug-likeness (QED) is 0.419. The van der Waals surface area contributed by atoms with E-state index >= 15 is 0 Å². The number of halogens is 5. The molecule has 2 aliphatic rings. The van der Waals surface area contributed by atoms with E-state index in [9.17, 15) is 26.4 Å². The Kier molecular flexibility index (Phi) is 4.72. The molecule has 1 aromatic heterocycles. The molecule has 2 aromatic rings. The van der Waals surface area contributed by atoms with Crippen molar-refractivity contribution in [2.45, 2.75) is 37.6 Å². The summed E-state index contributed by atoms with van der Waals surface area (Å²) in [6.45, 7) is 3.65. The second-order valence-corrected chi connectivity index (χ2v) is 10.6. The number of carbonyl (C=O) groups is 1. The van der Waals surface area contributed by atoms with Gasteiger partial charge in [-0.25, -0.2) is 0 Å². The topological polar surface area (TPSA) is 76.2 Å². The third kappa shape index (κ3) is 3.20. The predicted octanol–water partition coefficient (Wildman–Crippen LogP) is 5.45.